The van der Waals surface area contributed by atoms with Gasteiger partial charge in [-0.25, -0.2) is 4.68 Å². The molecule has 27 heavy (non-hydrogen) atoms. The smallest absolute Gasteiger partial charge is 0.228 e. The molecule has 1 aliphatic carbocycles. The molecular weight excluding hydrogens is 358 g/mol. The average molecular weight is 377 g/mol. The molecule has 1 fully saturated rings. The van der Waals surface area contributed by atoms with Crippen LogP contribution in [0.3, 0.4) is 0 Å². The van der Waals surface area contributed by atoms with E-state index in [1.807, 2.05) is 71.0 Å². The van der Waals surface area contributed by atoms with Crippen LogP contribution in [0.15, 0.2) is 54.6 Å². The van der Waals surface area contributed by atoms with Gasteiger partial charge in [0.05, 0.1) is 11.4 Å². The van der Waals surface area contributed by atoms with Crippen LogP contribution in [0.25, 0.3) is 5.69 Å². The van der Waals surface area contributed by atoms with Gasteiger partial charge in [-0.2, -0.15) is 16.9 Å². The summed E-state index contributed by atoms with van der Waals surface area (Å²) in [6.07, 6.45) is 1.98. The van der Waals surface area contributed by atoms with E-state index in [1.165, 1.54) is 0 Å². The van der Waals surface area contributed by atoms with Gasteiger partial charge in [-0.05, 0) is 49.2 Å². The Hall–Kier alpha value is -2.73. The third kappa shape index (κ3) is 3.32. The van der Waals surface area contributed by atoms with Gasteiger partial charge in [-0.3, -0.25) is 4.79 Å². The number of fused-ring (bicyclic) bond motifs is 1. The molecule has 1 amide bonds. The van der Waals surface area contributed by atoms with Gasteiger partial charge in [0.15, 0.2) is 0 Å². The Balaban J connectivity index is 1.43. The van der Waals surface area contributed by atoms with E-state index in [-0.39, 0.29) is 11.8 Å². The van der Waals surface area contributed by atoms with Crippen LogP contribution in [0, 0.1) is 5.92 Å². The highest BCUT2D eigenvalue weighted by Gasteiger charge is 2.32. The minimum Gasteiger partial charge on any atom is -0.457 e. The summed E-state index contributed by atoms with van der Waals surface area (Å²) in [5.41, 5.74) is 3.13. The van der Waals surface area contributed by atoms with E-state index in [1.54, 1.807) is 0 Å². The minimum absolute atomic E-state index is 0.111. The fraction of sp³-hybridized carbons (Fsp3) is 0.238. The van der Waals surface area contributed by atoms with Crippen LogP contribution in [0.1, 0.15) is 24.1 Å². The lowest BCUT2D eigenvalue weighted by atomic mass is 10.2. The van der Waals surface area contributed by atoms with Gasteiger partial charge in [0.1, 0.15) is 17.3 Å². The highest BCUT2D eigenvalue weighted by molar-refractivity contribution is 7.98. The zero-order valence-corrected chi connectivity index (χ0v) is 15.5. The fourth-order valence-electron chi connectivity index (χ4n) is 3.17. The number of benzene rings is 2. The maximum absolute atomic E-state index is 12.3. The van der Waals surface area contributed by atoms with Crippen LogP contribution in [0.2, 0.25) is 0 Å². The number of nitrogens with zero attached hydrogens (tertiary/aromatic N) is 2. The third-order valence-electron chi connectivity index (χ3n) is 4.80. The van der Waals surface area contributed by atoms with Crippen LogP contribution >= 0.6 is 11.8 Å². The van der Waals surface area contributed by atoms with Crippen LogP contribution in [-0.4, -0.2) is 15.7 Å². The molecule has 2 heterocycles. The molecule has 0 radical (unpaired) electrons. The van der Waals surface area contributed by atoms with E-state index in [9.17, 15) is 4.79 Å². The molecule has 0 unspecified atom stereocenters. The number of amides is 1. The van der Waals surface area contributed by atoms with Crippen molar-refractivity contribution in [1.29, 1.82) is 0 Å². The number of carbonyl (C=O) groups is 1. The lowest BCUT2D eigenvalue weighted by Crippen LogP contribution is -2.17. The quantitative estimate of drug-likeness (QED) is 0.696. The molecule has 1 aromatic heterocycles. The van der Waals surface area contributed by atoms with Gasteiger partial charge in [-0.15, -0.1) is 0 Å². The predicted octanol–water partition coefficient (Wildman–Crippen LogP) is 4.76. The van der Waals surface area contributed by atoms with E-state index in [0.29, 0.717) is 0 Å². The monoisotopic (exact) mass is 377 g/mol. The molecule has 0 bridgehead atoms. The Bertz CT molecular complexity index is 979. The summed E-state index contributed by atoms with van der Waals surface area (Å²) in [6, 6.07) is 17.5. The number of aromatic nitrogens is 2. The normalized spacial score (nSPS) is 15.4. The first kappa shape index (κ1) is 16.4. The second kappa shape index (κ2) is 6.78. The van der Waals surface area contributed by atoms with Gasteiger partial charge in [0, 0.05) is 23.0 Å². The Kier molecular flexibility index (Phi) is 4.13. The summed E-state index contributed by atoms with van der Waals surface area (Å²) in [4.78, 5) is 12.3. The molecule has 6 heteroatoms. The van der Waals surface area contributed by atoms with Crippen molar-refractivity contribution in [1.82, 2.24) is 9.78 Å². The van der Waals surface area contributed by atoms with Crippen LogP contribution in [0.4, 0.5) is 5.82 Å². The second-order valence-corrected chi connectivity index (χ2v) is 7.84. The summed E-state index contributed by atoms with van der Waals surface area (Å²) >= 11 is 1.84. The van der Waals surface area contributed by atoms with Crippen LogP contribution < -0.4 is 10.1 Å². The molecule has 3 aromatic rings. The number of ether oxygens (including phenoxy) is 1. The van der Waals surface area contributed by atoms with Crippen molar-refractivity contribution in [3.8, 4) is 17.2 Å². The lowest BCUT2D eigenvalue weighted by molar-refractivity contribution is -0.117. The molecule has 0 spiro atoms. The van der Waals surface area contributed by atoms with E-state index in [2.05, 4.69) is 5.32 Å². The number of anilines is 1. The molecule has 2 aromatic carbocycles. The van der Waals surface area contributed by atoms with Gasteiger partial charge in [0.2, 0.25) is 5.91 Å². The van der Waals surface area contributed by atoms with Crippen LogP contribution in [-0.2, 0) is 16.3 Å². The van der Waals surface area contributed by atoms with Gasteiger partial charge < -0.3 is 10.1 Å². The minimum atomic E-state index is 0.111. The van der Waals surface area contributed by atoms with Crippen molar-refractivity contribution in [2.45, 2.75) is 24.3 Å². The first-order chi connectivity index (χ1) is 13.3. The van der Waals surface area contributed by atoms with E-state index >= 15 is 0 Å². The SMILES string of the molecule is O=C(Nc1c2c(nn1-c1ccc(Oc3ccccc3)cc1)CSC2)C1CC1. The third-order valence-corrected chi connectivity index (χ3v) is 5.77. The van der Waals surface area contributed by atoms with Crippen molar-refractivity contribution < 1.29 is 9.53 Å². The molecule has 1 aliphatic heterocycles. The molecular formula is C21H19N3O2S. The predicted molar refractivity (Wildman–Crippen MR) is 106 cm³/mol. The molecule has 1 saturated carbocycles. The zero-order valence-electron chi connectivity index (χ0n) is 14.7. The van der Waals surface area contributed by atoms with E-state index < -0.39 is 0 Å². The molecule has 0 saturated heterocycles. The standard InChI is InChI=1S/C21H19N3O2S/c25-21(14-6-7-14)22-20-18-12-27-13-19(18)23-24(20)15-8-10-17(11-9-15)26-16-4-2-1-3-5-16/h1-5,8-11,14H,6-7,12-13H2,(H,22,25). The summed E-state index contributed by atoms with van der Waals surface area (Å²) < 4.78 is 7.72. The summed E-state index contributed by atoms with van der Waals surface area (Å²) in [5.74, 6) is 4.46. The number of para-hydroxylation sites is 1. The number of nitrogens with one attached hydrogen (secondary N) is 1. The topological polar surface area (TPSA) is 56.2 Å². The molecule has 0 atom stereocenters. The van der Waals surface area contributed by atoms with Gasteiger partial charge >= 0.3 is 0 Å². The fourth-order valence-corrected chi connectivity index (χ4v) is 4.21. The molecule has 5 rings (SSSR count). The Morgan fingerprint density at radius 1 is 1.04 bits per heavy atom. The van der Waals surface area contributed by atoms with Gasteiger partial charge in [0.25, 0.3) is 0 Å². The van der Waals surface area contributed by atoms with Gasteiger partial charge in [-0.1, -0.05) is 18.2 Å². The lowest BCUT2D eigenvalue weighted by Gasteiger charge is -2.12. The van der Waals surface area contributed by atoms with Crippen molar-refractivity contribution in [2.24, 2.45) is 5.92 Å². The molecule has 2 aliphatic rings. The van der Waals surface area contributed by atoms with Crippen molar-refractivity contribution >= 4 is 23.5 Å². The first-order valence-corrected chi connectivity index (χ1v) is 10.3. The first-order valence-electron chi connectivity index (χ1n) is 9.10. The number of carbonyl (C=O) groups excluding carboxylic acids is 1. The van der Waals surface area contributed by atoms with Crippen molar-refractivity contribution in [3.05, 3.63) is 65.9 Å². The maximum atomic E-state index is 12.3. The largest absolute Gasteiger partial charge is 0.457 e. The number of thioether (sulfide) groups is 1. The summed E-state index contributed by atoms with van der Waals surface area (Å²) in [7, 11) is 0. The van der Waals surface area contributed by atoms with E-state index in [0.717, 1.165) is 58.6 Å². The number of rotatable bonds is 5. The number of hydrogen-bond donors (Lipinski definition) is 1. The molecule has 136 valence electrons. The van der Waals surface area contributed by atoms with Crippen molar-refractivity contribution in [3.63, 3.8) is 0 Å². The average Bonchev–Trinajstić information content (AvgIpc) is 3.36. The highest BCUT2D eigenvalue weighted by atomic mass is 32.2. The van der Waals surface area contributed by atoms with Crippen LogP contribution in [0.5, 0.6) is 11.5 Å². The maximum Gasteiger partial charge on any atom is 0.228 e. The Morgan fingerprint density at radius 2 is 1.78 bits per heavy atom. The van der Waals surface area contributed by atoms with E-state index in [4.69, 9.17) is 9.84 Å². The summed E-state index contributed by atoms with van der Waals surface area (Å²) in [6.45, 7) is 0. The second-order valence-electron chi connectivity index (χ2n) is 6.85. The Morgan fingerprint density at radius 3 is 2.52 bits per heavy atom. The Labute approximate surface area is 161 Å². The number of hydrogen-bond acceptors (Lipinski definition) is 4. The molecule has 5 nitrogen and oxygen atoms in total. The highest BCUT2D eigenvalue weighted by Crippen LogP contribution is 2.38. The summed E-state index contributed by atoms with van der Waals surface area (Å²) in [5, 5.41) is 7.87. The molecule has 1 N–H and O–H groups in total. The van der Waals surface area contributed by atoms with Crippen molar-refractivity contribution in [2.75, 3.05) is 5.32 Å². The zero-order chi connectivity index (χ0) is 18.2.